The van der Waals surface area contributed by atoms with Gasteiger partial charge in [-0.3, -0.25) is 9.48 Å². The quantitative estimate of drug-likeness (QED) is 0.836. The highest BCUT2D eigenvalue weighted by molar-refractivity contribution is 8.07. The number of rotatable bonds is 5. The average molecular weight is 298 g/mol. The van der Waals surface area contributed by atoms with Crippen LogP contribution in [0.15, 0.2) is 12.3 Å². The largest absolute Gasteiger partial charge is 0.298 e. The number of ketones is 1. The van der Waals surface area contributed by atoms with Crippen molar-refractivity contribution < 1.29 is 4.79 Å². The zero-order valence-corrected chi connectivity index (χ0v) is 13.5. The SMILES string of the molecule is CCC1SCCSC1C(=O)Cc1ccn(C(C)C)n1. The van der Waals surface area contributed by atoms with Crippen LogP contribution in [-0.4, -0.2) is 37.6 Å². The standard InChI is InChI=1S/C14H22N2OS2/c1-4-13-14(19-8-7-18-13)12(17)9-11-5-6-16(15-11)10(2)3/h5-6,10,13-14H,4,7-9H2,1-3H3. The van der Waals surface area contributed by atoms with Gasteiger partial charge in [-0.25, -0.2) is 0 Å². The lowest BCUT2D eigenvalue weighted by molar-refractivity contribution is -0.118. The summed E-state index contributed by atoms with van der Waals surface area (Å²) in [6.45, 7) is 6.37. The van der Waals surface area contributed by atoms with Gasteiger partial charge < -0.3 is 0 Å². The zero-order chi connectivity index (χ0) is 13.8. The van der Waals surface area contributed by atoms with Gasteiger partial charge in [0.15, 0.2) is 5.78 Å². The van der Waals surface area contributed by atoms with E-state index in [1.165, 1.54) is 5.75 Å². The highest BCUT2D eigenvalue weighted by Gasteiger charge is 2.30. The van der Waals surface area contributed by atoms with Gasteiger partial charge >= 0.3 is 0 Å². The van der Waals surface area contributed by atoms with Crippen LogP contribution >= 0.6 is 23.5 Å². The van der Waals surface area contributed by atoms with E-state index in [0.29, 0.717) is 23.5 Å². The third kappa shape index (κ3) is 3.78. The van der Waals surface area contributed by atoms with Crippen LogP contribution in [0.1, 0.15) is 38.9 Å². The number of hydrogen-bond donors (Lipinski definition) is 0. The van der Waals surface area contributed by atoms with E-state index in [-0.39, 0.29) is 5.25 Å². The normalized spacial score (nSPS) is 23.8. The molecule has 1 aromatic heterocycles. The third-order valence-electron chi connectivity index (χ3n) is 3.32. The molecule has 0 amide bonds. The van der Waals surface area contributed by atoms with Crippen molar-refractivity contribution in [3.63, 3.8) is 0 Å². The Morgan fingerprint density at radius 1 is 1.47 bits per heavy atom. The fourth-order valence-electron chi connectivity index (χ4n) is 2.24. The van der Waals surface area contributed by atoms with Gasteiger partial charge in [-0.2, -0.15) is 16.9 Å². The van der Waals surface area contributed by atoms with E-state index in [1.54, 1.807) is 0 Å². The van der Waals surface area contributed by atoms with Gasteiger partial charge in [0.25, 0.3) is 0 Å². The van der Waals surface area contributed by atoms with E-state index < -0.39 is 0 Å². The predicted molar refractivity (Wildman–Crippen MR) is 84.1 cm³/mol. The first-order valence-corrected chi connectivity index (χ1v) is 9.01. The van der Waals surface area contributed by atoms with Gasteiger partial charge in [-0.1, -0.05) is 6.92 Å². The Morgan fingerprint density at radius 2 is 2.21 bits per heavy atom. The zero-order valence-electron chi connectivity index (χ0n) is 11.8. The molecule has 19 heavy (non-hydrogen) atoms. The van der Waals surface area contributed by atoms with Crippen molar-refractivity contribution >= 4 is 29.3 Å². The molecule has 2 atom stereocenters. The minimum atomic E-state index is 0.160. The number of carbonyl (C=O) groups excluding carboxylic acids is 1. The molecule has 0 N–H and O–H groups in total. The van der Waals surface area contributed by atoms with Crippen molar-refractivity contribution in [1.82, 2.24) is 9.78 Å². The van der Waals surface area contributed by atoms with Gasteiger partial charge in [0.05, 0.1) is 17.4 Å². The number of Topliss-reactive ketones (excluding diaryl/α,β-unsaturated/α-hetero) is 1. The second-order valence-corrected chi connectivity index (χ2v) is 7.73. The van der Waals surface area contributed by atoms with Crippen LogP contribution in [0.25, 0.3) is 0 Å². The maximum Gasteiger partial charge on any atom is 0.152 e. The van der Waals surface area contributed by atoms with Crippen LogP contribution < -0.4 is 0 Å². The van der Waals surface area contributed by atoms with Crippen LogP contribution in [0, 0.1) is 0 Å². The summed E-state index contributed by atoms with van der Waals surface area (Å²) in [4.78, 5) is 12.4. The summed E-state index contributed by atoms with van der Waals surface area (Å²) in [6.07, 6.45) is 3.52. The summed E-state index contributed by atoms with van der Waals surface area (Å²) < 4.78 is 1.92. The van der Waals surface area contributed by atoms with Crippen molar-refractivity contribution in [3.8, 4) is 0 Å². The van der Waals surface area contributed by atoms with Crippen molar-refractivity contribution in [3.05, 3.63) is 18.0 Å². The average Bonchev–Trinajstić information content (AvgIpc) is 2.87. The highest BCUT2D eigenvalue weighted by atomic mass is 32.2. The van der Waals surface area contributed by atoms with Gasteiger partial charge in [-0.05, 0) is 26.3 Å². The molecule has 1 fully saturated rings. The van der Waals surface area contributed by atoms with Crippen LogP contribution in [-0.2, 0) is 11.2 Å². The summed E-state index contributed by atoms with van der Waals surface area (Å²) in [6, 6.07) is 2.33. The summed E-state index contributed by atoms with van der Waals surface area (Å²) in [5.41, 5.74) is 0.907. The van der Waals surface area contributed by atoms with E-state index in [1.807, 2.05) is 40.5 Å². The van der Waals surface area contributed by atoms with Crippen molar-refractivity contribution in [2.24, 2.45) is 0 Å². The van der Waals surface area contributed by atoms with Crippen LogP contribution in [0.4, 0.5) is 0 Å². The second-order valence-electron chi connectivity index (χ2n) is 5.13. The van der Waals surface area contributed by atoms with E-state index in [4.69, 9.17) is 0 Å². The van der Waals surface area contributed by atoms with Crippen molar-refractivity contribution in [1.29, 1.82) is 0 Å². The molecule has 3 nitrogen and oxygen atoms in total. The molecule has 106 valence electrons. The molecule has 0 spiro atoms. The minimum Gasteiger partial charge on any atom is -0.298 e. The summed E-state index contributed by atoms with van der Waals surface area (Å²) >= 11 is 3.78. The smallest absolute Gasteiger partial charge is 0.152 e. The lowest BCUT2D eigenvalue weighted by Gasteiger charge is -2.28. The Bertz CT molecular complexity index is 431. The van der Waals surface area contributed by atoms with Gasteiger partial charge in [0, 0.05) is 29.0 Å². The molecule has 0 aromatic carbocycles. The Hall–Kier alpha value is -0.420. The van der Waals surface area contributed by atoms with E-state index in [2.05, 4.69) is 25.9 Å². The molecule has 0 aliphatic carbocycles. The molecule has 0 bridgehead atoms. The topological polar surface area (TPSA) is 34.9 Å². The molecule has 1 aromatic rings. The van der Waals surface area contributed by atoms with Crippen LogP contribution in [0.5, 0.6) is 0 Å². The first-order valence-electron chi connectivity index (χ1n) is 6.91. The van der Waals surface area contributed by atoms with E-state index in [0.717, 1.165) is 17.9 Å². The number of aromatic nitrogens is 2. The van der Waals surface area contributed by atoms with Gasteiger partial charge in [0.1, 0.15) is 0 Å². The fourth-order valence-corrected chi connectivity index (χ4v) is 5.28. The third-order valence-corrected chi connectivity index (χ3v) is 6.61. The molecule has 1 aliphatic rings. The number of carbonyl (C=O) groups is 1. The number of nitrogens with zero attached hydrogens (tertiary/aromatic N) is 2. The maximum absolute atomic E-state index is 12.4. The summed E-state index contributed by atoms with van der Waals surface area (Å²) in [5, 5.41) is 5.12. The van der Waals surface area contributed by atoms with Crippen molar-refractivity contribution in [2.45, 2.75) is 50.2 Å². The Balaban J connectivity index is 1.99. The van der Waals surface area contributed by atoms with E-state index >= 15 is 0 Å². The van der Waals surface area contributed by atoms with Crippen LogP contribution in [0.2, 0.25) is 0 Å². The van der Waals surface area contributed by atoms with Crippen molar-refractivity contribution in [2.75, 3.05) is 11.5 Å². The monoisotopic (exact) mass is 298 g/mol. The van der Waals surface area contributed by atoms with Crippen LogP contribution in [0.3, 0.4) is 0 Å². The lowest BCUT2D eigenvalue weighted by Crippen LogP contribution is -2.33. The molecule has 2 heterocycles. The maximum atomic E-state index is 12.4. The molecule has 5 heteroatoms. The Labute approximate surface area is 123 Å². The predicted octanol–water partition coefficient (Wildman–Crippen LogP) is 3.20. The molecular weight excluding hydrogens is 276 g/mol. The molecule has 1 saturated heterocycles. The molecule has 2 rings (SSSR count). The molecular formula is C14H22N2OS2. The van der Waals surface area contributed by atoms with Gasteiger partial charge in [-0.15, -0.1) is 11.8 Å². The molecule has 0 saturated carbocycles. The lowest BCUT2D eigenvalue weighted by atomic mass is 10.1. The number of thioether (sulfide) groups is 2. The summed E-state index contributed by atoms with van der Waals surface area (Å²) in [5.74, 6) is 2.62. The Morgan fingerprint density at radius 3 is 2.84 bits per heavy atom. The fraction of sp³-hybridized carbons (Fsp3) is 0.714. The highest BCUT2D eigenvalue weighted by Crippen LogP contribution is 2.34. The number of hydrogen-bond acceptors (Lipinski definition) is 4. The first kappa shape index (κ1) is 15.0. The molecule has 1 aliphatic heterocycles. The first-order chi connectivity index (χ1) is 9.11. The van der Waals surface area contributed by atoms with E-state index in [9.17, 15) is 4.79 Å². The van der Waals surface area contributed by atoms with Gasteiger partial charge in [0.2, 0.25) is 0 Å². The molecule has 0 radical (unpaired) electrons. The summed E-state index contributed by atoms with van der Waals surface area (Å²) in [7, 11) is 0. The second kappa shape index (κ2) is 6.84. The molecule has 2 unspecified atom stereocenters. The minimum absolute atomic E-state index is 0.160. The Kier molecular flexibility index (Phi) is 5.39.